The van der Waals surface area contributed by atoms with Crippen molar-refractivity contribution in [3.8, 4) is 5.75 Å². The van der Waals surface area contributed by atoms with Gasteiger partial charge in [0.1, 0.15) is 5.75 Å². The normalized spacial score (nSPS) is 12.6. The molecule has 1 aliphatic rings. The number of amides is 2. The monoisotopic (exact) mass is 372 g/mol. The number of carbonyl (C=O) groups excluding carboxylic acids is 3. The average molecular weight is 372 g/mol. The van der Waals surface area contributed by atoms with Crippen LogP contribution in [0.15, 0.2) is 47.4 Å². The van der Waals surface area contributed by atoms with Crippen molar-refractivity contribution in [2.24, 2.45) is 0 Å². The summed E-state index contributed by atoms with van der Waals surface area (Å²) in [6, 6.07) is 11.7. The van der Waals surface area contributed by atoms with Gasteiger partial charge in [-0.3, -0.25) is 9.59 Å². The molecule has 1 aliphatic heterocycles. The highest BCUT2D eigenvalue weighted by atomic mass is 32.2. The summed E-state index contributed by atoms with van der Waals surface area (Å²) in [7, 11) is 1.53. The molecule has 3 rings (SSSR count). The van der Waals surface area contributed by atoms with E-state index in [2.05, 4.69) is 10.6 Å². The molecule has 1 heterocycles. The van der Waals surface area contributed by atoms with Gasteiger partial charge in [-0.1, -0.05) is 6.07 Å². The van der Waals surface area contributed by atoms with Crippen molar-refractivity contribution in [2.45, 2.75) is 4.90 Å². The Labute approximate surface area is 154 Å². The molecule has 2 aromatic rings. The number of rotatable bonds is 5. The molecule has 0 bridgehead atoms. The molecule has 0 aromatic heterocycles. The fourth-order valence-corrected chi connectivity index (χ4v) is 3.11. The summed E-state index contributed by atoms with van der Waals surface area (Å²) < 4.78 is 10.1. The lowest BCUT2D eigenvalue weighted by Crippen LogP contribution is -2.22. The molecule has 8 heteroatoms. The molecule has 0 atom stereocenters. The summed E-state index contributed by atoms with van der Waals surface area (Å²) in [6.45, 7) is -0.422. The molecule has 2 amide bonds. The number of nitrogens with one attached hydrogen (secondary N) is 2. The topological polar surface area (TPSA) is 93.7 Å². The highest BCUT2D eigenvalue weighted by Crippen LogP contribution is 2.32. The van der Waals surface area contributed by atoms with Crippen molar-refractivity contribution < 1.29 is 23.9 Å². The zero-order valence-corrected chi connectivity index (χ0v) is 14.7. The predicted octanol–water partition coefficient (Wildman–Crippen LogP) is 2.53. The number of hydrogen-bond donors (Lipinski definition) is 2. The molecule has 0 saturated heterocycles. The smallest absolute Gasteiger partial charge is 0.338 e. The van der Waals surface area contributed by atoms with Crippen molar-refractivity contribution >= 4 is 40.9 Å². The fraction of sp³-hybridized carbons (Fsp3) is 0.167. The van der Waals surface area contributed by atoms with Gasteiger partial charge in [-0.25, -0.2) is 4.79 Å². The molecule has 134 valence electrons. The first-order chi connectivity index (χ1) is 12.5. The lowest BCUT2D eigenvalue weighted by atomic mass is 10.2. The number of hydrogen-bond acceptors (Lipinski definition) is 6. The molecule has 0 unspecified atom stereocenters. The number of benzene rings is 2. The van der Waals surface area contributed by atoms with Crippen molar-refractivity contribution in [3.63, 3.8) is 0 Å². The van der Waals surface area contributed by atoms with E-state index in [0.29, 0.717) is 22.9 Å². The van der Waals surface area contributed by atoms with E-state index in [9.17, 15) is 14.4 Å². The lowest BCUT2D eigenvalue weighted by Gasteiger charge is -2.16. The van der Waals surface area contributed by atoms with E-state index in [1.807, 2.05) is 0 Å². The molecular weight excluding hydrogens is 356 g/mol. The third-order valence-corrected chi connectivity index (χ3v) is 4.61. The minimum Gasteiger partial charge on any atom is -0.497 e. The van der Waals surface area contributed by atoms with Gasteiger partial charge in [0, 0.05) is 16.6 Å². The van der Waals surface area contributed by atoms with E-state index >= 15 is 0 Å². The zero-order valence-electron chi connectivity index (χ0n) is 13.9. The third kappa shape index (κ3) is 4.34. The summed E-state index contributed by atoms with van der Waals surface area (Å²) in [5.74, 6) is -0.271. The molecule has 7 nitrogen and oxygen atoms in total. The second-order valence-electron chi connectivity index (χ2n) is 5.40. The molecule has 0 fully saturated rings. The van der Waals surface area contributed by atoms with Crippen LogP contribution >= 0.6 is 11.8 Å². The number of fused-ring (bicyclic) bond motifs is 1. The first-order valence-electron chi connectivity index (χ1n) is 7.73. The van der Waals surface area contributed by atoms with Gasteiger partial charge in [-0.05, 0) is 30.3 Å². The van der Waals surface area contributed by atoms with E-state index in [1.165, 1.54) is 18.9 Å². The van der Waals surface area contributed by atoms with Crippen LogP contribution in [0.3, 0.4) is 0 Å². The van der Waals surface area contributed by atoms with E-state index < -0.39 is 18.5 Å². The van der Waals surface area contributed by atoms with Crippen molar-refractivity contribution in [2.75, 3.05) is 30.1 Å². The number of methoxy groups -OCH3 is 1. The van der Waals surface area contributed by atoms with Crippen LogP contribution < -0.4 is 15.4 Å². The molecule has 0 radical (unpaired) electrons. The molecule has 2 N–H and O–H groups in total. The van der Waals surface area contributed by atoms with Gasteiger partial charge in [-0.2, -0.15) is 0 Å². The van der Waals surface area contributed by atoms with Crippen molar-refractivity contribution in [1.82, 2.24) is 0 Å². The van der Waals surface area contributed by atoms with Crippen LogP contribution in [0.4, 0.5) is 11.4 Å². The van der Waals surface area contributed by atoms with Gasteiger partial charge >= 0.3 is 5.97 Å². The van der Waals surface area contributed by atoms with Crippen molar-refractivity contribution in [1.29, 1.82) is 0 Å². The molecule has 26 heavy (non-hydrogen) atoms. The van der Waals surface area contributed by atoms with Crippen LogP contribution in [-0.2, 0) is 14.3 Å². The number of ether oxygens (including phenoxy) is 2. The second kappa shape index (κ2) is 7.92. The average Bonchev–Trinajstić information content (AvgIpc) is 2.65. The van der Waals surface area contributed by atoms with Crippen LogP contribution in [0.1, 0.15) is 10.4 Å². The lowest BCUT2D eigenvalue weighted by molar-refractivity contribution is -0.119. The second-order valence-corrected chi connectivity index (χ2v) is 6.42. The van der Waals surface area contributed by atoms with E-state index in [-0.39, 0.29) is 11.5 Å². The molecule has 0 spiro atoms. The van der Waals surface area contributed by atoms with Gasteiger partial charge in [0.05, 0.1) is 24.1 Å². The van der Waals surface area contributed by atoms with Gasteiger partial charge < -0.3 is 20.1 Å². The van der Waals surface area contributed by atoms with Crippen LogP contribution in [0.5, 0.6) is 5.75 Å². The predicted molar refractivity (Wildman–Crippen MR) is 97.7 cm³/mol. The first kappa shape index (κ1) is 17.8. The molecule has 0 aliphatic carbocycles. The van der Waals surface area contributed by atoms with Gasteiger partial charge in [0.15, 0.2) is 6.61 Å². The minimum atomic E-state index is -0.640. The first-order valence-corrected chi connectivity index (χ1v) is 8.71. The summed E-state index contributed by atoms with van der Waals surface area (Å²) in [6.07, 6.45) is 0. The van der Waals surface area contributed by atoms with Crippen molar-refractivity contribution in [3.05, 3.63) is 48.0 Å². The Bertz CT molecular complexity index is 868. The Kier molecular flexibility index (Phi) is 5.43. The van der Waals surface area contributed by atoms with E-state index in [1.54, 1.807) is 42.5 Å². The van der Waals surface area contributed by atoms with Crippen LogP contribution in [-0.4, -0.2) is 37.3 Å². The van der Waals surface area contributed by atoms with Crippen LogP contribution in [0.25, 0.3) is 0 Å². The van der Waals surface area contributed by atoms with E-state index in [0.717, 1.165) is 4.90 Å². The maximum Gasteiger partial charge on any atom is 0.338 e. The fourth-order valence-electron chi connectivity index (χ4n) is 2.32. The molecule has 0 saturated carbocycles. The minimum absolute atomic E-state index is 0.120. The van der Waals surface area contributed by atoms with Gasteiger partial charge in [0.25, 0.3) is 5.91 Å². The Balaban J connectivity index is 1.57. The Morgan fingerprint density at radius 1 is 1.23 bits per heavy atom. The number of thioether (sulfide) groups is 1. The Morgan fingerprint density at radius 2 is 2.08 bits per heavy atom. The SMILES string of the molecule is COc1cccc(NC(=O)COC(=O)c2ccc3c(c2)NC(=O)CS3)c1. The van der Waals surface area contributed by atoms with Crippen LogP contribution in [0.2, 0.25) is 0 Å². The highest BCUT2D eigenvalue weighted by molar-refractivity contribution is 8.00. The number of esters is 1. The summed E-state index contributed by atoms with van der Waals surface area (Å²) in [4.78, 5) is 36.4. The maximum atomic E-state index is 12.1. The van der Waals surface area contributed by atoms with E-state index in [4.69, 9.17) is 9.47 Å². The highest BCUT2D eigenvalue weighted by Gasteiger charge is 2.18. The van der Waals surface area contributed by atoms with Crippen LogP contribution in [0, 0.1) is 0 Å². The Hall–Kier alpha value is -3.00. The number of anilines is 2. The zero-order chi connectivity index (χ0) is 18.5. The van der Waals surface area contributed by atoms with Gasteiger partial charge in [-0.15, -0.1) is 11.8 Å². The summed E-state index contributed by atoms with van der Waals surface area (Å²) in [5, 5.41) is 5.33. The number of carbonyl (C=O) groups is 3. The maximum absolute atomic E-state index is 12.1. The standard InChI is InChI=1S/C18H16N2O5S/c1-24-13-4-2-3-12(8-13)19-16(21)9-25-18(23)11-5-6-15-14(7-11)20-17(22)10-26-15/h2-8H,9-10H2,1H3,(H,19,21)(H,20,22). The quantitative estimate of drug-likeness (QED) is 0.784. The van der Waals surface area contributed by atoms with Gasteiger partial charge in [0.2, 0.25) is 5.91 Å². The molecular formula is C18H16N2O5S. The largest absolute Gasteiger partial charge is 0.497 e. The molecule has 2 aromatic carbocycles. The third-order valence-electron chi connectivity index (χ3n) is 3.54. The summed E-state index contributed by atoms with van der Waals surface area (Å²) in [5.41, 5.74) is 1.38. The Morgan fingerprint density at radius 3 is 2.88 bits per heavy atom. The summed E-state index contributed by atoms with van der Waals surface area (Å²) >= 11 is 1.40.